The Bertz CT molecular complexity index is 857. The maximum absolute atomic E-state index is 14.4. The van der Waals surface area contributed by atoms with Gasteiger partial charge in [-0.15, -0.1) is 0 Å². The van der Waals surface area contributed by atoms with Gasteiger partial charge in [0.15, 0.2) is 0 Å². The van der Waals surface area contributed by atoms with Crippen molar-refractivity contribution >= 4 is 5.71 Å². The average Bonchev–Trinajstić information content (AvgIpc) is 2.67. The topological polar surface area (TPSA) is 48.8 Å². The van der Waals surface area contributed by atoms with Crippen molar-refractivity contribution in [2.45, 2.75) is 12.7 Å². The summed E-state index contributed by atoms with van der Waals surface area (Å²) in [6.07, 6.45) is 8.57. The van der Waals surface area contributed by atoms with Crippen LogP contribution in [0.3, 0.4) is 0 Å². The third-order valence-corrected chi connectivity index (χ3v) is 4.11. The van der Waals surface area contributed by atoms with E-state index in [2.05, 4.69) is 10.3 Å². The summed E-state index contributed by atoms with van der Waals surface area (Å²) in [5.74, 6) is -0.883. The fourth-order valence-electron chi connectivity index (χ4n) is 2.71. The number of halogens is 2. The lowest BCUT2D eigenvalue weighted by molar-refractivity contribution is 0.336. The third-order valence-electron chi connectivity index (χ3n) is 4.11. The van der Waals surface area contributed by atoms with Crippen molar-refractivity contribution in [1.82, 2.24) is 10.3 Å². The van der Waals surface area contributed by atoms with Gasteiger partial charge >= 0.3 is 0 Å². The van der Waals surface area contributed by atoms with Crippen LogP contribution in [-0.2, 0) is 6.54 Å². The predicted molar refractivity (Wildman–Crippen MR) is 99.1 cm³/mol. The molecule has 2 atom stereocenters. The minimum Gasteiger partial charge on any atom is -0.384 e. The Morgan fingerprint density at radius 1 is 1.12 bits per heavy atom. The molecule has 0 radical (unpaired) electrons. The zero-order valence-corrected chi connectivity index (χ0v) is 14.1. The molecule has 3 nitrogen and oxygen atoms in total. The van der Waals surface area contributed by atoms with E-state index in [-0.39, 0.29) is 18.1 Å². The van der Waals surface area contributed by atoms with E-state index in [1.54, 1.807) is 66.9 Å². The Hall–Kier alpha value is -3.08. The van der Waals surface area contributed by atoms with Crippen LogP contribution in [0.15, 0.2) is 84.7 Å². The zero-order chi connectivity index (χ0) is 18.4. The second kappa shape index (κ2) is 8.34. The Morgan fingerprint density at radius 3 is 2.62 bits per heavy atom. The molecule has 1 aromatic heterocycles. The van der Waals surface area contributed by atoms with Gasteiger partial charge in [-0.3, -0.25) is 10.4 Å². The molecule has 1 heterocycles. The highest BCUT2D eigenvalue weighted by atomic mass is 19.1. The van der Waals surface area contributed by atoms with Crippen molar-refractivity contribution in [1.29, 1.82) is 5.41 Å². The smallest absolute Gasteiger partial charge is 0.130 e. The van der Waals surface area contributed by atoms with Gasteiger partial charge in [0.05, 0.1) is 17.3 Å². The quantitative estimate of drug-likeness (QED) is 0.761. The first kappa shape index (κ1) is 17.7. The van der Waals surface area contributed by atoms with Gasteiger partial charge in [0.1, 0.15) is 12.0 Å². The van der Waals surface area contributed by atoms with Crippen molar-refractivity contribution in [3.8, 4) is 0 Å². The van der Waals surface area contributed by atoms with Gasteiger partial charge in [0, 0.05) is 24.0 Å². The zero-order valence-electron chi connectivity index (χ0n) is 14.1. The van der Waals surface area contributed by atoms with Crippen LogP contribution in [0.2, 0.25) is 0 Å². The highest BCUT2D eigenvalue weighted by molar-refractivity contribution is 6.05. The number of benzene rings is 1. The molecule has 0 bridgehead atoms. The van der Waals surface area contributed by atoms with Gasteiger partial charge in [-0.1, -0.05) is 42.5 Å². The van der Waals surface area contributed by atoms with Crippen molar-refractivity contribution in [2.75, 3.05) is 0 Å². The fourth-order valence-corrected chi connectivity index (χ4v) is 2.71. The molecule has 0 saturated heterocycles. The molecule has 0 spiro atoms. The minimum atomic E-state index is -1.21. The van der Waals surface area contributed by atoms with Gasteiger partial charge in [0.25, 0.3) is 0 Å². The molecule has 0 fully saturated rings. The summed E-state index contributed by atoms with van der Waals surface area (Å²) in [5.41, 5.74) is 1.64. The lowest BCUT2D eigenvalue weighted by atomic mass is 9.93. The number of hydrogen-bond donors (Lipinski definition) is 2. The van der Waals surface area contributed by atoms with Crippen LogP contribution >= 0.6 is 0 Å². The maximum atomic E-state index is 14.4. The number of nitrogens with one attached hydrogen (secondary N) is 2. The van der Waals surface area contributed by atoms with Gasteiger partial charge in [-0.2, -0.15) is 0 Å². The van der Waals surface area contributed by atoms with Crippen LogP contribution in [0.4, 0.5) is 8.78 Å². The summed E-state index contributed by atoms with van der Waals surface area (Å²) in [4.78, 5) is 4.15. The number of pyridine rings is 1. The Morgan fingerprint density at radius 2 is 1.88 bits per heavy atom. The van der Waals surface area contributed by atoms with E-state index in [0.717, 1.165) is 0 Å². The van der Waals surface area contributed by atoms with Gasteiger partial charge < -0.3 is 5.32 Å². The number of nitrogens with zero attached hydrogens (tertiary/aromatic N) is 1. The van der Waals surface area contributed by atoms with Crippen LogP contribution < -0.4 is 5.32 Å². The van der Waals surface area contributed by atoms with Crippen molar-refractivity contribution in [3.05, 3.63) is 102 Å². The molecule has 3 rings (SSSR count). The Balaban J connectivity index is 1.85. The number of rotatable bonds is 6. The molecule has 2 N–H and O–H groups in total. The normalized spacial score (nSPS) is 19.4. The van der Waals surface area contributed by atoms with Gasteiger partial charge in [-0.05, 0) is 30.4 Å². The van der Waals surface area contributed by atoms with Crippen molar-refractivity contribution < 1.29 is 8.78 Å². The second-order valence-corrected chi connectivity index (χ2v) is 5.91. The van der Waals surface area contributed by atoms with E-state index in [9.17, 15) is 8.78 Å². The molecule has 1 aromatic carbocycles. The van der Waals surface area contributed by atoms with Crippen LogP contribution in [0, 0.1) is 17.1 Å². The van der Waals surface area contributed by atoms with Crippen LogP contribution in [0.5, 0.6) is 0 Å². The molecule has 0 saturated carbocycles. The molecular weight excluding hydrogens is 332 g/mol. The van der Waals surface area contributed by atoms with E-state index in [1.165, 1.54) is 12.1 Å². The highest BCUT2D eigenvalue weighted by Gasteiger charge is 2.23. The first-order valence-electron chi connectivity index (χ1n) is 8.33. The summed E-state index contributed by atoms with van der Waals surface area (Å²) >= 11 is 0. The molecular formula is C21H19F2N3. The minimum absolute atomic E-state index is 0.164. The van der Waals surface area contributed by atoms with Gasteiger partial charge in [-0.25, -0.2) is 8.78 Å². The number of alkyl halides is 1. The standard InChI is InChI=1S/C21H19F2N3/c22-17-9-3-1-7-15(17)14-26-21(16-8-2-4-10-18(16)23)13-19(24)20-11-5-6-12-25-20/h1-13,16,18,24,26H,14H2/b21-13-,24-19?. The molecule has 1 aliphatic rings. The first-order valence-corrected chi connectivity index (χ1v) is 8.33. The summed E-state index contributed by atoms with van der Waals surface area (Å²) in [7, 11) is 0. The van der Waals surface area contributed by atoms with Crippen LogP contribution in [0.25, 0.3) is 0 Å². The van der Waals surface area contributed by atoms with Gasteiger partial charge in [0.2, 0.25) is 0 Å². The Kier molecular flexibility index (Phi) is 5.69. The van der Waals surface area contributed by atoms with E-state index < -0.39 is 12.1 Å². The monoisotopic (exact) mass is 351 g/mol. The number of aromatic nitrogens is 1. The summed E-state index contributed by atoms with van der Waals surface area (Å²) in [6, 6.07) is 11.7. The van der Waals surface area contributed by atoms with E-state index >= 15 is 0 Å². The number of allylic oxidation sites excluding steroid dienone is 5. The SMILES string of the molecule is N=C(/C=C(\NCc1ccccc1F)C1C=CC=CC1F)c1ccccn1. The molecule has 2 unspecified atom stereocenters. The third kappa shape index (κ3) is 4.30. The predicted octanol–water partition coefficient (Wildman–Crippen LogP) is 4.34. The second-order valence-electron chi connectivity index (χ2n) is 5.91. The van der Waals surface area contributed by atoms with Crippen LogP contribution in [0.1, 0.15) is 11.3 Å². The molecule has 5 heteroatoms. The van der Waals surface area contributed by atoms with Crippen molar-refractivity contribution in [2.24, 2.45) is 5.92 Å². The molecule has 1 aliphatic carbocycles. The number of hydrogen-bond acceptors (Lipinski definition) is 3. The summed E-state index contributed by atoms with van der Waals surface area (Å²) in [6.45, 7) is 0.203. The molecule has 132 valence electrons. The molecule has 0 amide bonds. The van der Waals surface area contributed by atoms with Crippen LogP contribution in [-0.4, -0.2) is 16.9 Å². The maximum Gasteiger partial charge on any atom is 0.130 e. The average molecular weight is 351 g/mol. The largest absolute Gasteiger partial charge is 0.384 e. The fraction of sp³-hybridized carbons (Fsp3) is 0.143. The summed E-state index contributed by atoms with van der Waals surface area (Å²) < 4.78 is 28.3. The highest BCUT2D eigenvalue weighted by Crippen LogP contribution is 2.23. The van der Waals surface area contributed by atoms with E-state index in [0.29, 0.717) is 17.0 Å². The lowest BCUT2D eigenvalue weighted by Gasteiger charge is -2.23. The Labute approximate surface area is 151 Å². The molecule has 0 aliphatic heterocycles. The molecule has 26 heavy (non-hydrogen) atoms. The van der Waals surface area contributed by atoms with E-state index in [1.807, 2.05) is 0 Å². The summed E-state index contributed by atoms with van der Waals surface area (Å²) in [5, 5.41) is 11.4. The lowest BCUT2D eigenvalue weighted by Crippen LogP contribution is -2.27. The van der Waals surface area contributed by atoms with Crippen molar-refractivity contribution in [3.63, 3.8) is 0 Å². The van der Waals surface area contributed by atoms with E-state index in [4.69, 9.17) is 5.41 Å². The first-order chi connectivity index (χ1) is 12.6. The molecule has 2 aromatic rings.